The number of nitrogens with two attached hydrogens (primary N) is 1. The van der Waals surface area contributed by atoms with E-state index in [1.54, 1.807) is 12.1 Å². The van der Waals surface area contributed by atoms with Crippen LogP contribution in [0, 0.1) is 0 Å². The number of sulfone groups is 1. The summed E-state index contributed by atoms with van der Waals surface area (Å²) in [6.07, 6.45) is 0.623. The van der Waals surface area contributed by atoms with Gasteiger partial charge >= 0.3 is 0 Å². The number of halogens is 1. The van der Waals surface area contributed by atoms with E-state index in [1.165, 1.54) is 0 Å². The van der Waals surface area contributed by atoms with Crippen LogP contribution in [0.2, 0.25) is 5.02 Å². The molecule has 0 aromatic heterocycles. The second-order valence-corrected chi connectivity index (χ2v) is 7.80. The van der Waals surface area contributed by atoms with Crippen molar-refractivity contribution in [2.75, 3.05) is 23.5 Å². The Morgan fingerprint density at radius 2 is 2.21 bits per heavy atom. The third-order valence-corrected chi connectivity index (χ3v) is 5.57. The highest BCUT2D eigenvalue weighted by Crippen LogP contribution is 2.28. The van der Waals surface area contributed by atoms with Crippen LogP contribution in [0.25, 0.3) is 0 Å². The lowest BCUT2D eigenvalue weighted by Gasteiger charge is -2.27. The van der Waals surface area contributed by atoms with Gasteiger partial charge in [0, 0.05) is 29.4 Å². The summed E-state index contributed by atoms with van der Waals surface area (Å²) in [5.41, 5.74) is 7.19. The summed E-state index contributed by atoms with van der Waals surface area (Å²) in [4.78, 5) is 2.18. The van der Waals surface area contributed by atoms with Crippen LogP contribution in [-0.4, -0.2) is 38.0 Å². The maximum absolute atomic E-state index is 11.6. The van der Waals surface area contributed by atoms with Crippen molar-refractivity contribution in [2.24, 2.45) is 5.73 Å². The molecule has 1 saturated heterocycles. The molecule has 0 spiro atoms. The molecule has 19 heavy (non-hydrogen) atoms. The first-order chi connectivity index (χ1) is 8.80. The fourth-order valence-corrected chi connectivity index (χ4v) is 4.40. The highest BCUT2D eigenvalue weighted by molar-refractivity contribution is 7.91. The van der Waals surface area contributed by atoms with Gasteiger partial charge in [0.2, 0.25) is 0 Å². The summed E-state index contributed by atoms with van der Waals surface area (Å²) < 4.78 is 23.1. The minimum absolute atomic E-state index is 0.0423. The SMILES string of the molecule is CN(c1ccc(Cl)cc1C(N)=S)C1CCS(=O)(=O)C1. The molecule has 1 heterocycles. The van der Waals surface area contributed by atoms with E-state index in [0.717, 1.165) is 5.69 Å². The van der Waals surface area contributed by atoms with Gasteiger partial charge in [-0.1, -0.05) is 23.8 Å². The maximum Gasteiger partial charge on any atom is 0.152 e. The molecule has 104 valence electrons. The fraction of sp³-hybridized carbons (Fsp3) is 0.417. The topological polar surface area (TPSA) is 63.4 Å². The molecule has 1 atom stereocenters. The normalized spacial score (nSPS) is 21.3. The van der Waals surface area contributed by atoms with E-state index >= 15 is 0 Å². The largest absolute Gasteiger partial charge is 0.389 e. The van der Waals surface area contributed by atoms with Gasteiger partial charge in [0.15, 0.2) is 9.84 Å². The monoisotopic (exact) mass is 318 g/mol. The average molecular weight is 319 g/mol. The zero-order valence-corrected chi connectivity index (χ0v) is 12.9. The molecule has 1 fully saturated rings. The lowest BCUT2D eigenvalue weighted by molar-refractivity contribution is 0.601. The van der Waals surface area contributed by atoms with Crippen LogP contribution >= 0.6 is 23.8 Å². The summed E-state index contributed by atoms with van der Waals surface area (Å²) in [6, 6.07) is 5.23. The Morgan fingerprint density at radius 1 is 1.53 bits per heavy atom. The van der Waals surface area contributed by atoms with Crippen molar-refractivity contribution in [3.05, 3.63) is 28.8 Å². The molecule has 0 aliphatic carbocycles. The standard InChI is InChI=1S/C12H15ClN2O2S2/c1-15(9-4-5-19(16,17)7-9)11-3-2-8(13)6-10(11)12(14)18/h2-3,6,9H,4-5,7H2,1H3,(H2,14,18). The Kier molecular flexibility index (Phi) is 4.03. The van der Waals surface area contributed by atoms with Crippen LogP contribution in [0.3, 0.4) is 0 Å². The Labute approximate surface area is 123 Å². The Morgan fingerprint density at radius 3 is 2.74 bits per heavy atom. The van der Waals surface area contributed by atoms with Crippen LogP contribution in [-0.2, 0) is 9.84 Å². The van der Waals surface area contributed by atoms with E-state index in [4.69, 9.17) is 29.6 Å². The van der Waals surface area contributed by atoms with Crippen molar-refractivity contribution in [3.63, 3.8) is 0 Å². The van der Waals surface area contributed by atoms with Gasteiger partial charge in [-0.25, -0.2) is 8.42 Å². The molecule has 1 aliphatic heterocycles. The van der Waals surface area contributed by atoms with Crippen LogP contribution in [0.15, 0.2) is 18.2 Å². The molecule has 1 aromatic carbocycles. The molecule has 1 aromatic rings. The number of hydrogen-bond donors (Lipinski definition) is 1. The highest BCUT2D eigenvalue weighted by Gasteiger charge is 2.31. The number of benzene rings is 1. The molecule has 0 saturated carbocycles. The van der Waals surface area contributed by atoms with E-state index in [2.05, 4.69) is 0 Å². The average Bonchev–Trinajstić information content (AvgIpc) is 2.68. The molecule has 2 rings (SSSR count). The quantitative estimate of drug-likeness (QED) is 0.858. The third kappa shape index (κ3) is 3.19. The Bertz CT molecular complexity index is 616. The number of rotatable bonds is 3. The molecule has 0 radical (unpaired) electrons. The van der Waals surface area contributed by atoms with Crippen molar-refractivity contribution in [3.8, 4) is 0 Å². The maximum atomic E-state index is 11.6. The zero-order chi connectivity index (χ0) is 14.2. The molecule has 0 bridgehead atoms. The summed E-state index contributed by atoms with van der Waals surface area (Å²) in [5.74, 6) is 0.404. The van der Waals surface area contributed by atoms with E-state index in [-0.39, 0.29) is 22.5 Å². The first-order valence-electron chi connectivity index (χ1n) is 5.83. The summed E-state index contributed by atoms with van der Waals surface area (Å²) in [6.45, 7) is 0. The van der Waals surface area contributed by atoms with E-state index < -0.39 is 9.84 Å². The predicted molar refractivity (Wildman–Crippen MR) is 82.8 cm³/mol. The van der Waals surface area contributed by atoms with Gasteiger partial charge in [0.05, 0.1) is 11.5 Å². The van der Waals surface area contributed by atoms with Gasteiger partial charge in [-0.2, -0.15) is 0 Å². The summed E-state index contributed by atoms with van der Waals surface area (Å²) in [7, 11) is -1.06. The molecule has 7 heteroatoms. The third-order valence-electron chi connectivity index (χ3n) is 3.36. The number of nitrogens with zero attached hydrogens (tertiary/aromatic N) is 1. The van der Waals surface area contributed by atoms with Crippen LogP contribution < -0.4 is 10.6 Å². The van der Waals surface area contributed by atoms with Crippen LogP contribution in [0.4, 0.5) is 5.69 Å². The fourth-order valence-electron chi connectivity index (χ4n) is 2.29. The number of thiocarbonyl (C=S) groups is 1. The molecular weight excluding hydrogens is 304 g/mol. The molecule has 4 nitrogen and oxygen atoms in total. The Hall–Kier alpha value is -0.850. The smallest absolute Gasteiger partial charge is 0.152 e. The van der Waals surface area contributed by atoms with Gasteiger partial charge in [-0.3, -0.25) is 0 Å². The Balaban J connectivity index is 2.34. The van der Waals surface area contributed by atoms with Gasteiger partial charge in [-0.05, 0) is 24.6 Å². The second-order valence-electron chi connectivity index (χ2n) is 4.69. The van der Waals surface area contributed by atoms with Gasteiger partial charge < -0.3 is 10.6 Å². The molecular formula is C12H15ClN2O2S2. The zero-order valence-electron chi connectivity index (χ0n) is 10.5. The molecule has 0 amide bonds. The minimum Gasteiger partial charge on any atom is -0.389 e. The first-order valence-corrected chi connectivity index (χ1v) is 8.43. The van der Waals surface area contributed by atoms with Crippen molar-refractivity contribution in [2.45, 2.75) is 12.5 Å². The van der Waals surface area contributed by atoms with E-state index in [1.807, 2.05) is 18.0 Å². The van der Waals surface area contributed by atoms with Gasteiger partial charge in [0.25, 0.3) is 0 Å². The highest BCUT2D eigenvalue weighted by atomic mass is 35.5. The summed E-state index contributed by atoms with van der Waals surface area (Å²) >= 11 is 11.0. The van der Waals surface area contributed by atoms with Crippen molar-refractivity contribution < 1.29 is 8.42 Å². The van der Waals surface area contributed by atoms with Crippen molar-refractivity contribution >= 4 is 44.3 Å². The minimum atomic E-state index is -2.92. The lowest BCUT2D eigenvalue weighted by atomic mass is 10.1. The van der Waals surface area contributed by atoms with Crippen molar-refractivity contribution in [1.29, 1.82) is 0 Å². The van der Waals surface area contributed by atoms with Crippen LogP contribution in [0.5, 0.6) is 0 Å². The lowest BCUT2D eigenvalue weighted by Crippen LogP contribution is -2.34. The molecule has 1 unspecified atom stereocenters. The van der Waals surface area contributed by atoms with Gasteiger partial charge in [-0.15, -0.1) is 0 Å². The van der Waals surface area contributed by atoms with E-state index in [0.29, 0.717) is 17.0 Å². The molecule has 1 aliphatic rings. The van der Waals surface area contributed by atoms with Gasteiger partial charge in [0.1, 0.15) is 4.99 Å². The first kappa shape index (κ1) is 14.6. The predicted octanol–water partition coefficient (Wildman–Crippen LogP) is 1.60. The van der Waals surface area contributed by atoms with Crippen molar-refractivity contribution in [1.82, 2.24) is 0 Å². The van der Waals surface area contributed by atoms with Crippen LogP contribution in [0.1, 0.15) is 12.0 Å². The second kappa shape index (κ2) is 5.26. The van der Waals surface area contributed by atoms with E-state index in [9.17, 15) is 8.42 Å². The number of anilines is 1. The summed E-state index contributed by atoms with van der Waals surface area (Å²) in [5, 5.41) is 0.555. The number of hydrogen-bond acceptors (Lipinski definition) is 4. The molecule has 2 N–H and O–H groups in total.